The van der Waals surface area contributed by atoms with Crippen LogP contribution < -0.4 is 0 Å². The Morgan fingerprint density at radius 3 is 2.58 bits per heavy atom. The largest absolute Gasteiger partial charge is 0.462 e. The van der Waals surface area contributed by atoms with Gasteiger partial charge in [-0.15, -0.1) is 0 Å². The first-order valence-corrected chi connectivity index (χ1v) is 10.3. The maximum absolute atomic E-state index is 12.2. The van der Waals surface area contributed by atoms with Gasteiger partial charge in [-0.3, -0.25) is 9.59 Å². The number of rotatable bonds is 2. The van der Waals surface area contributed by atoms with Crippen LogP contribution in [0, 0.1) is 34.5 Å². The van der Waals surface area contributed by atoms with Gasteiger partial charge in [0.05, 0.1) is 0 Å². The summed E-state index contributed by atoms with van der Waals surface area (Å²) in [6, 6.07) is 0. The molecular formula is C23H32O3. The first-order valence-electron chi connectivity index (χ1n) is 10.3. The summed E-state index contributed by atoms with van der Waals surface area (Å²) >= 11 is 0. The van der Waals surface area contributed by atoms with Crippen molar-refractivity contribution in [2.24, 2.45) is 34.5 Å². The van der Waals surface area contributed by atoms with E-state index in [0.29, 0.717) is 23.5 Å². The minimum atomic E-state index is -0.160. The highest BCUT2D eigenvalue weighted by molar-refractivity contribution is 5.81. The summed E-state index contributed by atoms with van der Waals surface area (Å²) in [6.07, 6.45) is 13.6. The zero-order valence-electron chi connectivity index (χ0n) is 16.6. The van der Waals surface area contributed by atoms with Crippen molar-refractivity contribution in [1.29, 1.82) is 0 Å². The lowest BCUT2D eigenvalue weighted by Gasteiger charge is -2.57. The zero-order chi connectivity index (χ0) is 18.7. The van der Waals surface area contributed by atoms with Crippen molar-refractivity contribution in [3.63, 3.8) is 0 Å². The third-order valence-electron chi connectivity index (χ3n) is 8.35. The molecule has 7 unspecified atom stereocenters. The maximum Gasteiger partial charge on any atom is 0.302 e. The monoisotopic (exact) mass is 356 g/mol. The quantitative estimate of drug-likeness (QED) is 0.524. The number of Topliss-reactive ketones (excluding diaryl/α,β-unsaturated/α-hetero) is 1. The molecule has 0 amide bonds. The predicted octanol–water partition coefficient (Wildman–Crippen LogP) is 4.86. The molecule has 0 radical (unpaired) electrons. The highest BCUT2D eigenvalue weighted by Crippen LogP contribution is 2.64. The van der Waals surface area contributed by atoms with Crippen molar-refractivity contribution in [3.8, 4) is 0 Å². The second-order valence-electron chi connectivity index (χ2n) is 9.67. The number of esters is 1. The van der Waals surface area contributed by atoms with Gasteiger partial charge >= 0.3 is 5.97 Å². The lowest BCUT2D eigenvalue weighted by Crippen LogP contribution is -2.51. The van der Waals surface area contributed by atoms with E-state index in [-0.39, 0.29) is 28.8 Å². The van der Waals surface area contributed by atoms with Crippen LogP contribution in [0.1, 0.15) is 66.2 Å². The van der Waals surface area contributed by atoms with Crippen LogP contribution in [-0.2, 0) is 14.3 Å². The first-order chi connectivity index (χ1) is 12.3. The van der Waals surface area contributed by atoms with E-state index in [9.17, 15) is 9.59 Å². The van der Waals surface area contributed by atoms with Crippen LogP contribution in [0.2, 0.25) is 0 Å². The summed E-state index contributed by atoms with van der Waals surface area (Å²) in [4.78, 5) is 23.5. The van der Waals surface area contributed by atoms with E-state index in [1.165, 1.54) is 18.9 Å². The SMILES string of the molecule is CC(=O)OC1CCC2(C)C(=CCC3C2CCC2(C)C(C(C)=O)C=CC32)C1. The highest BCUT2D eigenvalue weighted by Gasteiger charge is 2.57. The molecule has 0 aromatic rings. The third kappa shape index (κ3) is 2.53. The fraction of sp³-hybridized carbons (Fsp3) is 0.739. The molecule has 3 heteroatoms. The van der Waals surface area contributed by atoms with Crippen LogP contribution in [0.5, 0.6) is 0 Å². The lowest BCUT2D eigenvalue weighted by atomic mass is 9.47. The van der Waals surface area contributed by atoms with E-state index >= 15 is 0 Å². The van der Waals surface area contributed by atoms with Gasteiger partial charge in [-0.1, -0.05) is 37.6 Å². The molecule has 4 aliphatic carbocycles. The van der Waals surface area contributed by atoms with Gasteiger partial charge in [0.25, 0.3) is 0 Å². The van der Waals surface area contributed by atoms with Crippen molar-refractivity contribution < 1.29 is 14.3 Å². The van der Waals surface area contributed by atoms with Crippen LogP contribution >= 0.6 is 0 Å². The molecule has 2 fully saturated rings. The van der Waals surface area contributed by atoms with E-state index in [1.807, 2.05) is 0 Å². The van der Waals surface area contributed by atoms with E-state index < -0.39 is 0 Å². The molecule has 4 aliphatic rings. The van der Waals surface area contributed by atoms with Crippen LogP contribution in [0.4, 0.5) is 0 Å². The molecule has 142 valence electrons. The molecule has 0 saturated heterocycles. The molecule has 0 bridgehead atoms. The summed E-state index contributed by atoms with van der Waals surface area (Å²) in [6.45, 7) is 8.06. The van der Waals surface area contributed by atoms with E-state index in [0.717, 1.165) is 32.1 Å². The van der Waals surface area contributed by atoms with Gasteiger partial charge < -0.3 is 4.74 Å². The molecule has 0 aromatic carbocycles. The number of hydrogen-bond acceptors (Lipinski definition) is 3. The third-order valence-corrected chi connectivity index (χ3v) is 8.35. The summed E-state index contributed by atoms with van der Waals surface area (Å²) in [7, 11) is 0. The number of ether oxygens (including phenoxy) is 1. The Hall–Kier alpha value is -1.38. The Labute approximate surface area is 157 Å². The molecule has 0 heterocycles. The van der Waals surface area contributed by atoms with Gasteiger partial charge in [-0.05, 0) is 67.6 Å². The Balaban J connectivity index is 1.60. The molecule has 4 rings (SSSR count). The standard InChI is InChI=1S/C23H32O3/c1-14(24)19-7-8-20-18-6-5-16-13-17(26-15(2)25)9-11-22(16,3)21(18)10-12-23(19,20)4/h5,7-8,17-21H,6,9-13H2,1-4H3. The topological polar surface area (TPSA) is 43.4 Å². The smallest absolute Gasteiger partial charge is 0.302 e. The number of ketones is 1. The van der Waals surface area contributed by atoms with Gasteiger partial charge in [0.1, 0.15) is 11.9 Å². The Kier molecular flexibility index (Phi) is 4.20. The summed E-state index contributed by atoms with van der Waals surface area (Å²) in [5.41, 5.74) is 1.87. The zero-order valence-corrected chi connectivity index (χ0v) is 16.6. The van der Waals surface area contributed by atoms with Gasteiger partial charge in [0.2, 0.25) is 0 Å². The molecule has 3 nitrogen and oxygen atoms in total. The lowest BCUT2D eigenvalue weighted by molar-refractivity contribution is -0.148. The Morgan fingerprint density at radius 2 is 1.88 bits per heavy atom. The fourth-order valence-corrected chi connectivity index (χ4v) is 7.02. The summed E-state index contributed by atoms with van der Waals surface area (Å²) in [5, 5.41) is 0. The average Bonchev–Trinajstić information content (AvgIpc) is 2.92. The van der Waals surface area contributed by atoms with Gasteiger partial charge in [0, 0.05) is 19.3 Å². The summed E-state index contributed by atoms with van der Waals surface area (Å²) in [5.74, 6) is 2.13. The fourth-order valence-electron chi connectivity index (χ4n) is 7.02. The number of allylic oxidation sites excluding steroid dienone is 3. The van der Waals surface area contributed by atoms with E-state index in [2.05, 4.69) is 32.1 Å². The minimum absolute atomic E-state index is 0.0608. The van der Waals surface area contributed by atoms with Crippen molar-refractivity contribution in [3.05, 3.63) is 23.8 Å². The van der Waals surface area contributed by atoms with Crippen molar-refractivity contribution in [1.82, 2.24) is 0 Å². The van der Waals surface area contributed by atoms with Crippen LogP contribution in [-0.4, -0.2) is 17.9 Å². The van der Waals surface area contributed by atoms with Crippen LogP contribution in [0.3, 0.4) is 0 Å². The molecule has 7 atom stereocenters. The van der Waals surface area contributed by atoms with Gasteiger partial charge in [-0.25, -0.2) is 0 Å². The second-order valence-corrected chi connectivity index (χ2v) is 9.67. The molecule has 2 saturated carbocycles. The molecular weight excluding hydrogens is 324 g/mol. The van der Waals surface area contributed by atoms with Crippen LogP contribution in [0.25, 0.3) is 0 Å². The first kappa shape index (κ1) is 18.0. The van der Waals surface area contributed by atoms with Crippen molar-refractivity contribution >= 4 is 11.8 Å². The van der Waals surface area contributed by atoms with Gasteiger partial charge in [0.15, 0.2) is 0 Å². The van der Waals surface area contributed by atoms with Crippen LogP contribution in [0.15, 0.2) is 23.8 Å². The van der Waals surface area contributed by atoms with Gasteiger partial charge in [-0.2, -0.15) is 0 Å². The molecule has 0 N–H and O–H groups in total. The normalized spacial score (nSPS) is 46.6. The summed E-state index contributed by atoms with van der Waals surface area (Å²) < 4.78 is 5.52. The van der Waals surface area contributed by atoms with E-state index in [4.69, 9.17) is 4.74 Å². The Bertz CT molecular complexity index is 690. The number of carbonyl (C=O) groups excluding carboxylic acids is 2. The highest BCUT2D eigenvalue weighted by atomic mass is 16.5. The maximum atomic E-state index is 12.2. The Morgan fingerprint density at radius 1 is 1.12 bits per heavy atom. The molecule has 0 aliphatic heterocycles. The molecule has 0 aromatic heterocycles. The average molecular weight is 357 g/mol. The second kappa shape index (κ2) is 6.07. The molecule has 0 spiro atoms. The number of fused-ring (bicyclic) bond motifs is 5. The minimum Gasteiger partial charge on any atom is -0.462 e. The van der Waals surface area contributed by atoms with Crippen molar-refractivity contribution in [2.75, 3.05) is 0 Å². The van der Waals surface area contributed by atoms with E-state index in [1.54, 1.807) is 6.92 Å². The van der Waals surface area contributed by atoms with Crippen molar-refractivity contribution in [2.45, 2.75) is 72.3 Å². The number of hydrogen-bond donors (Lipinski definition) is 0. The number of carbonyl (C=O) groups is 2. The predicted molar refractivity (Wildman–Crippen MR) is 101 cm³/mol. The molecule has 26 heavy (non-hydrogen) atoms.